The van der Waals surface area contributed by atoms with Crippen molar-refractivity contribution in [2.45, 2.75) is 52.1 Å². The Hall–Kier alpha value is -1.01. The maximum absolute atomic E-state index is 12.2. The normalized spacial score (nSPS) is 38.9. The van der Waals surface area contributed by atoms with Crippen molar-refractivity contribution in [2.24, 2.45) is 22.7 Å². The van der Waals surface area contributed by atoms with E-state index in [0.29, 0.717) is 19.3 Å². The second kappa shape index (κ2) is 8.12. The molecule has 0 spiro atoms. The van der Waals surface area contributed by atoms with Crippen LogP contribution in [-0.2, 0) is 4.79 Å². The maximum Gasteiger partial charge on any atom is 0.129 e. The van der Waals surface area contributed by atoms with Crippen molar-refractivity contribution in [1.82, 2.24) is 0 Å². The van der Waals surface area contributed by atoms with E-state index in [0.717, 1.165) is 30.3 Å². The smallest absolute Gasteiger partial charge is 0.129 e. The number of hydrogen-bond acceptors (Lipinski definition) is 5. The van der Waals surface area contributed by atoms with Crippen LogP contribution in [0, 0.1) is 22.7 Å². The number of hydrogen-bond donors (Lipinski definition) is 4. The first-order valence-electron chi connectivity index (χ1n) is 9.23. The van der Waals surface area contributed by atoms with E-state index in [2.05, 4.69) is 6.92 Å². The monoisotopic (exact) mass is 352 g/mol. The van der Waals surface area contributed by atoms with Gasteiger partial charge in [-0.05, 0) is 62.0 Å². The van der Waals surface area contributed by atoms with Crippen LogP contribution in [-0.4, -0.2) is 52.6 Å². The summed E-state index contributed by atoms with van der Waals surface area (Å²) in [7, 11) is 0. The van der Waals surface area contributed by atoms with Gasteiger partial charge in [0.05, 0.1) is 24.7 Å². The Morgan fingerprint density at radius 1 is 1.36 bits per heavy atom. The molecule has 0 heterocycles. The van der Waals surface area contributed by atoms with Gasteiger partial charge in [-0.2, -0.15) is 0 Å². The summed E-state index contributed by atoms with van der Waals surface area (Å²) in [4.78, 5) is 12.2. The van der Waals surface area contributed by atoms with Gasteiger partial charge >= 0.3 is 0 Å². The number of rotatable bonds is 7. The van der Waals surface area contributed by atoms with Gasteiger partial charge in [-0.1, -0.05) is 19.1 Å². The average Bonchev–Trinajstić information content (AvgIpc) is 2.79. The third kappa shape index (κ3) is 3.35. The Balaban J connectivity index is 2.38. The molecule has 0 unspecified atom stereocenters. The first kappa shape index (κ1) is 20.3. The minimum absolute atomic E-state index is 0.0436. The van der Waals surface area contributed by atoms with Crippen LogP contribution in [0.15, 0.2) is 23.3 Å². The van der Waals surface area contributed by atoms with Crippen LogP contribution < -0.4 is 0 Å². The number of allylic oxidation sites excluding steroid dienone is 1. The fourth-order valence-electron chi connectivity index (χ4n) is 5.35. The van der Waals surface area contributed by atoms with Gasteiger partial charge in [-0.15, -0.1) is 0 Å². The van der Waals surface area contributed by atoms with Crippen LogP contribution in [0.2, 0.25) is 0 Å². The molecule has 5 atom stereocenters. The zero-order valence-electron chi connectivity index (χ0n) is 15.3. The zero-order valence-corrected chi connectivity index (χ0v) is 15.3. The Morgan fingerprint density at radius 2 is 2.08 bits per heavy atom. The summed E-state index contributed by atoms with van der Waals surface area (Å²) < 4.78 is 0. The molecular formula is C20H32O5. The van der Waals surface area contributed by atoms with E-state index in [4.69, 9.17) is 5.11 Å². The minimum atomic E-state index is -0.848. The zero-order chi connectivity index (χ0) is 18.7. The van der Waals surface area contributed by atoms with Gasteiger partial charge in [0.1, 0.15) is 6.29 Å². The fraction of sp³-hybridized carbons (Fsp3) is 0.750. The van der Waals surface area contributed by atoms with Crippen LogP contribution in [0.25, 0.3) is 0 Å². The van der Waals surface area contributed by atoms with E-state index >= 15 is 0 Å². The molecule has 2 aliphatic carbocycles. The molecule has 0 aliphatic heterocycles. The largest absolute Gasteiger partial charge is 0.396 e. The lowest BCUT2D eigenvalue weighted by molar-refractivity contribution is -0.127. The van der Waals surface area contributed by atoms with Crippen LogP contribution in [0.3, 0.4) is 0 Å². The highest BCUT2D eigenvalue weighted by atomic mass is 16.3. The molecule has 0 amide bonds. The summed E-state index contributed by atoms with van der Waals surface area (Å²) in [5.41, 5.74) is 0.268. The lowest BCUT2D eigenvalue weighted by Gasteiger charge is -2.42. The SMILES string of the molecule is CC1=CCC[C@H]2[C@](C=O)(C[C@@H](C)[C@]2(CO)CC/C(=C/CO)CO)[C@@H]1O. The first-order valence-corrected chi connectivity index (χ1v) is 9.23. The number of aliphatic hydroxyl groups is 4. The van der Waals surface area contributed by atoms with Crippen molar-refractivity contribution < 1.29 is 25.2 Å². The number of aliphatic hydroxyl groups excluding tert-OH is 4. The molecule has 5 nitrogen and oxygen atoms in total. The van der Waals surface area contributed by atoms with Crippen LogP contribution in [0.1, 0.15) is 46.0 Å². The highest BCUT2D eigenvalue weighted by Crippen LogP contribution is 2.63. The third-order valence-electron chi connectivity index (χ3n) is 6.85. The van der Waals surface area contributed by atoms with Gasteiger partial charge in [0.25, 0.3) is 0 Å². The molecule has 2 aliphatic rings. The molecule has 0 aromatic rings. The highest BCUT2D eigenvalue weighted by molar-refractivity contribution is 5.64. The van der Waals surface area contributed by atoms with E-state index < -0.39 is 16.9 Å². The number of aldehydes is 1. The summed E-state index contributed by atoms with van der Waals surface area (Å²) in [5, 5.41) is 39.8. The molecule has 0 saturated heterocycles. The number of carbonyl (C=O) groups is 1. The van der Waals surface area contributed by atoms with Gasteiger partial charge in [-0.3, -0.25) is 0 Å². The molecule has 0 radical (unpaired) electrons. The van der Waals surface area contributed by atoms with E-state index in [1.165, 1.54) is 0 Å². The molecular weight excluding hydrogens is 320 g/mol. The second-order valence-electron chi connectivity index (χ2n) is 7.91. The molecule has 4 N–H and O–H groups in total. The van der Waals surface area contributed by atoms with E-state index in [9.17, 15) is 20.1 Å². The van der Waals surface area contributed by atoms with Gasteiger partial charge in [-0.25, -0.2) is 0 Å². The van der Waals surface area contributed by atoms with Crippen LogP contribution in [0.4, 0.5) is 0 Å². The topological polar surface area (TPSA) is 98.0 Å². The first-order chi connectivity index (χ1) is 11.9. The number of carbonyl (C=O) groups excluding carboxylic acids is 1. The molecule has 0 aromatic heterocycles. The Morgan fingerprint density at radius 3 is 2.64 bits per heavy atom. The van der Waals surface area contributed by atoms with E-state index in [1.807, 2.05) is 13.0 Å². The lowest BCUT2D eigenvalue weighted by Crippen LogP contribution is -2.45. The molecule has 25 heavy (non-hydrogen) atoms. The van der Waals surface area contributed by atoms with E-state index in [-0.39, 0.29) is 31.7 Å². The molecule has 2 rings (SSSR count). The molecule has 142 valence electrons. The van der Waals surface area contributed by atoms with Gasteiger partial charge < -0.3 is 25.2 Å². The highest BCUT2D eigenvalue weighted by Gasteiger charge is 2.62. The molecule has 5 heteroatoms. The molecule has 1 saturated carbocycles. The molecule has 1 fully saturated rings. The van der Waals surface area contributed by atoms with Gasteiger partial charge in [0.2, 0.25) is 0 Å². The van der Waals surface area contributed by atoms with Gasteiger partial charge in [0.15, 0.2) is 0 Å². The quantitative estimate of drug-likeness (QED) is 0.412. The van der Waals surface area contributed by atoms with Crippen molar-refractivity contribution in [2.75, 3.05) is 19.8 Å². The van der Waals surface area contributed by atoms with Crippen molar-refractivity contribution in [1.29, 1.82) is 0 Å². The average molecular weight is 352 g/mol. The van der Waals surface area contributed by atoms with Crippen LogP contribution in [0.5, 0.6) is 0 Å². The van der Waals surface area contributed by atoms with Crippen molar-refractivity contribution in [3.63, 3.8) is 0 Å². The molecule has 0 aromatic carbocycles. The molecule has 0 bridgehead atoms. The summed E-state index contributed by atoms with van der Waals surface area (Å²) in [5.74, 6) is -0.0161. The second-order valence-corrected chi connectivity index (χ2v) is 7.91. The number of fused-ring (bicyclic) bond motifs is 1. The standard InChI is InChI=1S/C20H32O5/c1-14-4-3-5-17-19(12-23,8-6-16(11-22)7-9-21)15(2)10-20(17,13-24)18(14)25/h4,7,13,15,17-18,21-23,25H,3,5-6,8-12H2,1-2H3/b16-7-/t15-,17-,18-,19-,20-/m1/s1. The Bertz CT molecular complexity index is 540. The van der Waals surface area contributed by atoms with Crippen molar-refractivity contribution in [3.8, 4) is 0 Å². The Labute approximate surface area is 150 Å². The Kier molecular flexibility index (Phi) is 6.60. The maximum atomic E-state index is 12.2. The van der Waals surface area contributed by atoms with Crippen molar-refractivity contribution >= 4 is 6.29 Å². The lowest BCUT2D eigenvalue weighted by atomic mass is 9.62. The predicted molar refractivity (Wildman–Crippen MR) is 95.8 cm³/mol. The predicted octanol–water partition coefficient (Wildman–Crippen LogP) is 1.60. The van der Waals surface area contributed by atoms with Crippen LogP contribution >= 0.6 is 0 Å². The fourth-order valence-corrected chi connectivity index (χ4v) is 5.35. The summed E-state index contributed by atoms with van der Waals surface area (Å²) in [6, 6.07) is 0. The summed E-state index contributed by atoms with van der Waals surface area (Å²) >= 11 is 0. The van der Waals surface area contributed by atoms with Gasteiger partial charge in [0, 0.05) is 12.0 Å². The van der Waals surface area contributed by atoms with Crippen molar-refractivity contribution in [3.05, 3.63) is 23.3 Å². The van der Waals surface area contributed by atoms with E-state index in [1.54, 1.807) is 6.08 Å². The summed E-state index contributed by atoms with van der Waals surface area (Å²) in [6.07, 6.45) is 7.03. The summed E-state index contributed by atoms with van der Waals surface area (Å²) in [6.45, 7) is 3.63. The third-order valence-corrected chi connectivity index (χ3v) is 6.85. The minimum Gasteiger partial charge on any atom is -0.396 e.